The van der Waals surface area contributed by atoms with Crippen LogP contribution in [0.2, 0.25) is 5.02 Å². The van der Waals surface area contributed by atoms with Gasteiger partial charge in [0.1, 0.15) is 0 Å². The highest BCUT2D eigenvalue weighted by molar-refractivity contribution is 9.10. The largest absolute Gasteiger partial charge is 0.305 e. The van der Waals surface area contributed by atoms with Crippen molar-refractivity contribution in [1.82, 2.24) is 15.1 Å². The van der Waals surface area contributed by atoms with E-state index < -0.39 is 0 Å². The molecular weight excluding hydrogens is 350 g/mol. The van der Waals surface area contributed by atoms with Crippen molar-refractivity contribution in [2.45, 2.75) is 39.8 Å². The highest BCUT2D eigenvalue weighted by Gasteiger charge is 2.22. The highest BCUT2D eigenvalue weighted by Crippen LogP contribution is 2.31. The van der Waals surface area contributed by atoms with Gasteiger partial charge in [-0.3, -0.25) is 4.68 Å². The van der Waals surface area contributed by atoms with E-state index in [1.165, 1.54) is 11.1 Å². The van der Waals surface area contributed by atoms with Gasteiger partial charge < -0.3 is 5.32 Å². The monoisotopic (exact) mass is 369 g/mol. The summed E-state index contributed by atoms with van der Waals surface area (Å²) in [4.78, 5) is 0. The molecule has 1 unspecified atom stereocenters. The normalized spacial score (nSPS) is 12.6. The van der Waals surface area contributed by atoms with Crippen LogP contribution >= 0.6 is 27.5 Å². The second-order valence-corrected chi connectivity index (χ2v) is 6.40. The van der Waals surface area contributed by atoms with Gasteiger partial charge in [-0.15, -0.1) is 0 Å². The number of aryl methyl sites for hydroxylation is 2. The topological polar surface area (TPSA) is 29.9 Å². The average Bonchev–Trinajstić information content (AvgIpc) is 2.84. The SMILES string of the molecule is CCCNC(c1cc(Br)ccc1C)c1c(Cl)cnn1CC. The molecule has 114 valence electrons. The maximum atomic E-state index is 6.40. The van der Waals surface area contributed by atoms with Gasteiger partial charge in [-0.25, -0.2) is 0 Å². The summed E-state index contributed by atoms with van der Waals surface area (Å²) in [5.41, 5.74) is 3.51. The predicted molar refractivity (Wildman–Crippen MR) is 91.9 cm³/mol. The molecule has 0 saturated heterocycles. The molecule has 1 heterocycles. The first-order chi connectivity index (χ1) is 10.1. The Balaban J connectivity index is 2.52. The molecule has 21 heavy (non-hydrogen) atoms. The fourth-order valence-corrected chi connectivity index (χ4v) is 3.10. The molecule has 2 aromatic rings. The van der Waals surface area contributed by atoms with Gasteiger partial charge in [-0.05, 0) is 50.1 Å². The van der Waals surface area contributed by atoms with Gasteiger partial charge in [0, 0.05) is 11.0 Å². The number of aromatic nitrogens is 2. The third kappa shape index (κ3) is 3.68. The fourth-order valence-electron chi connectivity index (χ4n) is 2.48. The number of halogens is 2. The Kier molecular flexibility index (Phi) is 5.85. The minimum absolute atomic E-state index is 0.0531. The lowest BCUT2D eigenvalue weighted by molar-refractivity contribution is 0.528. The van der Waals surface area contributed by atoms with Crippen LogP contribution in [0.15, 0.2) is 28.9 Å². The summed E-state index contributed by atoms with van der Waals surface area (Å²) in [5.74, 6) is 0. The quantitative estimate of drug-likeness (QED) is 0.797. The van der Waals surface area contributed by atoms with Crippen molar-refractivity contribution in [3.8, 4) is 0 Å². The zero-order valence-corrected chi connectivity index (χ0v) is 15.0. The Morgan fingerprint density at radius 1 is 1.38 bits per heavy atom. The van der Waals surface area contributed by atoms with Crippen molar-refractivity contribution in [3.63, 3.8) is 0 Å². The van der Waals surface area contributed by atoms with Gasteiger partial charge in [0.25, 0.3) is 0 Å². The Morgan fingerprint density at radius 3 is 2.81 bits per heavy atom. The van der Waals surface area contributed by atoms with E-state index in [-0.39, 0.29) is 6.04 Å². The van der Waals surface area contributed by atoms with Crippen LogP contribution in [-0.4, -0.2) is 16.3 Å². The van der Waals surface area contributed by atoms with E-state index in [9.17, 15) is 0 Å². The van der Waals surface area contributed by atoms with Gasteiger partial charge in [0.2, 0.25) is 0 Å². The molecule has 0 amide bonds. The summed E-state index contributed by atoms with van der Waals surface area (Å²) >= 11 is 9.97. The zero-order valence-electron chi connectivity index (χ0n) is 12.7. The van der Waals surface area contributed by atoms with E-state index in [4.69, 9.17) is 11.6 Å². The van der Waals surface area contributed by atoms with Crippen LogP contribution in [0.1, 0.15) is 43.1 Å². The van der Waals surface area contributed by atoms with E-state index in [1.54, 1.807) is 6.20 Å². The Labute approximate surface area is 139 Å². The smallest absolute Gasteiger partial charge is 0.0837 e. The fraction of sp³-hybridized carbons (Fsp3) is 0.438. The second kappa shape index (κ2) is 7.43. The number of nitrogens with one attached hydrogen (secondary N) is 1. The molecular formula is C16H21BrClN3. The Bertz CT molecular complexity index is 610. The second-order valence-electron chi connectivity index (χ2n) is 5.08. The maximum absolute atomic E-state index is 6.40. The summed E-state index contributed by atoms with van der Waals surface area (Å²) in [7, 11) is 0. The molecule has 2 rings (SSSR count). The van der Waals surface area contributed by atoms with Gasteiger partial charge in [0.15, 0.2) is 0 Å². The number of hydrogen-bond acceptors (Lipinski definition) is 2. The molecule has 0 bridgehead atoms. The minimum Gasteiger partial charge on any atom is -0.305 e. The molecule has 0 aliphatic carbocycles. The lowest BCUT2D eigenvalue weighted by Gasteiger charge is -2.23. The van der Waals surface area contributed by atoms with Crippen LogP contribution in [0.5, 0.6) is 0 Å². The third-order valence-electron chi connectivity index (χ3n) is 3.56. The molecule has 0 spiro atoms. The molecule has 3 nitrogen and oxygen atoms in total. The van der Waals surface area contributed by atoms with Crippen molar-refractivity contribution in [1.29, 1.82) is 0 Å². The van der Waals surface area contributed by atoms with E-state index in [0.29, 0.717) is 5.02 Å². The number of hydrogen-bond donors (Lipinski definition) is 1. The van der Waals surface area contributed by atoms with Crippen LogP contribution < -0.4 is 5.32 Å². The maximum Gasteiger partial charge on any atom is 0.0837 e. The Morgan fingerprint density at radius 2 is 2.14 bits per heavy atom. The van der Waals surface area contributed by atoms with Crippen LogP contribution in [0.25, 0.3) is 0 Å². The van der Waals surface area contributed by atoms with Gasteiger partial charge in [-0.2, -0.15) is 5.10 Å². The van der Waals surface area contributed by atoms with E-state index >= 15 is 0 Å². The number of rotatable bonds is 6. The molecule has 5 heteroatoms. The molecule has 0 aliphatic rings. The summed E-state index contributed by atoms with van der Waals surface area (Å²) in [6, 6.07) is 6.40. The molecule has 1 aromatic heterocycles. The van der Waals surface area contributed by atoms with Crippen molar-refractivity contribution in [2.24, 2.45) is 0 Å². The van der Waals surface area contributed by atoms with Crippen LogP contribution in [0.4, 0.5) is 0 Å². The summed E-state index contributed by atoms with van der Waals surface area (Å²) in [6.07, 6.45) is 2.80. The zero-order chi connectivity index (χ0) is 15.4. The minimum atomic E-state index is 0.0531. The first kappa shape index (κ1) is 16.5. The molecule has 1 aromatic carbocycles. The summed E-state index contributed by atoms with van der Waals surface area (Å²) in [5, 5.41) is 8.69. The standard InChI is InChI=1S/C16H21BrClN3/c1-4-8-19-15(13-9-12(17)7-6-11(13)3)16-14(18)10-20-21(16)5-2/h6-7,9-10,15,19H,4-5,8H2,1-3H3. The van der Waals surface area contributed by atoms with Crippen molar-refractivity contribution in [2.75, 3.05) is 6.54 Å². The first-order valence-corrected chi connectivity index (χ1v) is 8.46. The molecule has 0 saturated carbocycles. The first-order valence-electron chi connectivity index (χ1n) is 7.29. The van der Waals surface area contributed by atoms with Crippen LogP contribution in [0, 0.1) is 6.92 Å². The van der Waals surface area contributed by atoms with E-state index in [0.717, 1.165) is 29.7 Å². The molecule has 1 atom stereocenters. The average molecular weight is 371 g/mol. The molecule has 1 N–H and O–H groups in total. The van der Waals surface area contributed by atoms with Crippen LogP contribution in [0.3, 0.4) is 0 Å². The predicted octanol–water partition coefficient (Wildman–Crippen LogP) is 4.72. The van der Waals surface area contributed by atoms with Gasteiger partial charge in [0.05, 0.1) is 23.0 Å². The lowest BCUT2D eigenvalue weighted by Crippen LogP contribution is -2.26. The number of nitrogens with zero attached hydrogens (tertiary/aromatic N) is 2. The van der Waals surface area contributed by atoms with E-state index in [1.807, 2.05) is 4.68 Å². The summed E-state index contributed by atoms with van der Waals surface area (Å²) in [6.45, 7) is 8.11. The highest BCUT2D eigenvalue weighted by atomic mass is 79.9. The van der Waals surface area contributed by atoms with Gasteiger partial charge in [-0.1, -0.05) is 40.5 Å². The third-order valence-corrected chi connectivity index (χ3v) is 4.34. The number of benzene rings is 1. The van der Waals surface area contributed by atoms with Crippen LogP contribution in [-0.2, 0) is 6.54 Å². The Hall–Kier alpha value is -0.840. The molecule has 0 aliphatic heterocycles. The van der Waals surface area contributed by atoms with Crippen molar-refractivity contribution < 1.29 is 0 Å². The lowest BCUT2D eigenvalue weighted by atomic mass is 9.98. The van der Waals surface area contributed by atoms with Gasteiger partial charge >= 0.3 is 0 Å². The van der Waals surface area contributed by atoms with Crippen molar-refractivity contribution >= 4 is 27.5 Å². The summed E-state index contributed by atoms with van der Waals surface area (Å²) < 4.78 is 3.04. The molecule has 0 fully saturated rings. The van der Waals surface area contributed by atoms with Crippen molar-refractivity contribution in [3.05, 3.63) is 50.7 Å². The van der Waals surface area contributed by atoms with E-state index in [2.05, 4.69) is 65.3 Å². The molecule has 0 radical (unpaired) electrons.